The van der Waals surface area contributed by atoms with E-state index >= 15 is 0 Å². The highest BCUT2D eigenvalue weighted by Gasteiger charge is 2.70. The lowest BCUT2D eigenvalue weighted by Gasteiger charge is -2.42. The van der Waals surface area contributed by atoms with Gasteiger partial charge in [-0.25, -0.2) is 8.78 Å². The molecule has 0 bridgehead atoms. The molecule has 0 aliphatic heterocycles. The van der Waals surface area contributed by atoms with E-state index in [-0.39, 0.29) is 37.8 Å². The first kappa shape index (κ1) is 29.8. The van der Waals surface area contributed by atoms with Crippen LogP contribution in [-0.2, 0) is 11.2 Å². The zero-order valence-corrected chi connectivity index (χ0v) is 22.4. The van der Waals surface area contributed by atoms with Crippen LogP contribution >= 0.6 is 0 Å². The van der Waals surface area contributed by atoms with Crippen LogP contribution in [0.5, 0.6) is 0 Å². The Labute approximate surface area is 220 Å². The molecule has 1 fully saturated rings. The zero-order chi connectivity index (χ0) is 28.5. The number of allylic oxidation sites excluding steroid dienone is 4. The lowest BCUT2D eigenvalue weighted by atomic mass is 9.63. The van der Waals surface area contributed by atoms with Gasteiger partial charge in [0, 0.05) is 44.1 Å². The molecule has 2 aliphatic carbocycles. The van der Waals surface area contributed by atoms with Crippen molar-refractivity contribution >= 4 is 11.8 Å². The smallest absolute Gasteiger partial charge is 0.355 e. The third kappa shape index (κ3) is 6.45. The van der Waals surface area contributed by atoms with Crippen LogP contribution in [0.3, 0.4) is 0 Å². The number of benzene rings is 1. The number of hydrogen-bond donors (Lipinski definition) is 2. The molecule has 210 valence electrons. The summed E-state index contributed by atoms with van der Waals surface area (Å²) in [5.74, 6) is -3.85. The molecule has 1 saturated carbocycles. The van der Waals surface area contributed by atoms with Crippen LogP contribution in [0.25, 0.3) is 0 Å². The largest absolute Gasteiger partial charge is 0.394 e. The minimum Gasteiger partial charge on any atom is -0.355 e. The van der Waals surface area contributed by atoms with E-state index in [1.165, 1.54) is 6.92 Å². The van der Waals surface area contributed by atoms with E-state index in [0.717, 1.165) is 17.2 Å². The van der Waals surface area contributed by atoms with E-state index < -0.39 is 46.9 Å². The molecule has 0 saturated heterocycles. The molecule has 2 amide bonds. The first-order chi connectivity index (χ1) is 17.6. The molecule has 0 heterocycles. The van der Waals surface area contributed by atoms with Crippen LogP contribution in [0.1, 0.15) is 54.1 Å². The van der Waals surface area contributed by atoms with E-state index in [0.29, 0.717) is 18.1 Å². The molecule has 5 nitrogen and oxygen atoms in total. The van der Waals surface area contributed by atoms with Gasteiger partial charge in [-0.15, -0.1) is 0 Å². The molecule has 3 rings (SSSR count). The maximum Gasteiger partial charge on any atom is 0.394 e. The lowest BCUT2D eigenvalue weighted by Crippen LogP contribution is -2.46. The van der Waals surface area contributed by atoms with E-state index in [4.69, 9.17) is 0 Å². The Kier molecular flexibility index (Phi) is 8.75. The van der Waals surface area contributed by atoms with Crippen LogP contribution in [0.2, 0.25) is 0 Å². The number of halogens is 5. The van der Waals surface area contributed by atoms with E-state index in [2.05, 4.69) is 10.6 Å². The number of carbonyl (C=O) groups excluding carboxylic acids is 2. The molecule has 0 spiro atoms. The summed E-state index contributed by atoms with van der Waals surface area (Å²) in [5.41, 5.74) is -1.23. The maximum absolute atomic E-state index is 14.2. The summed E-state index contributed by atoms with van der Waals surface area (Å²) in [6.07, 6.45) is -3.56. The van der Waals surface area contributed by atoms with Crippen molar-refractivity contribution in [1.29, 1.82) is 0 Å². The van der Waals surface area contributed by atoms with Crippen molar-refractivity contribution in [3.8, 4) is 0 Å². The molecule has 38 heavy (non-hydrogen) atoms. The predicted octanol–water partition coefficient (Wildman–Crippen LogP) is 5.41. The van der Waals surface area contributed by atoms with Crippen molar-refractivity contribution in [2.45, 2.75) is 58.2 Å². The molecule has 1 aromatic carbocycles. The minimum absolute atomic E-state index is 0.170. The van der Waals surface area contributed by atoms with Crippen LogP contribution in [-0.4, -0.2) is 56.6 Å². The van der Waals surface area contributed by atoms with E-state index in [9.17, 15) is 31.5 Å². The molecule has 1 aromatic rings. The highest BCUT2D eigenvalue weighted by Crippen LogP contribution is 2.68. The lowest BCUT2D eigenvalue weighted by molar-refractivity contribution is -0.213. The molecule has 2 N–H and O–H groups in total. The van der Waals surface area contributed by atoms with Gasteiger partial charge in [0.2, 0.25) is 5.91 Å². The number of nitrogens with one attached hydrogen (secondary N) is 2. The minimum atomic E-state index is -4.59. The fourth-order valence-corrected chi connectivity index (χ4v) is 5.61. The first-order valence-corrected chi connectivity index (χ1v) is 12.7. The van der Waals surface area contributed by atoms with Crippen molar-refractivity contribution in [2.75, 3.05) is 27.7 Å². The molecule has 2 aliphatic rings. The highest BCUT2D eigenvalue weighted by atomic mass is 19.4. The summed E-state index contributed by atoms with van der Waals surface area (Å²) in [6.45, 7) is 3.45. The SMILES string of the molecule is CNC(=O)c1ccc(C[C@@H](CNC(=O)C[C@@H](C2(C)C=C(F)C=C(F)C2)C2(C(F)(F)F)CC2)N(C)C)c(C)c1. The average Bonchev–Trinajstić information content (AvgIpc) is 3.61. The first-order valence-electron chi connectivity index (χ1n) is 12.7. The van der Waals surface area contributed by atoms with Crippen molar-refractivity contribution in [2.24, 2.45) is 16.7 Å². The van der Waals surface area contributed by atoms with Gasteiger partial charge >= 0.3 is 6.18 Å². The third-order valence-corrected chi connectivity index (χ3v) is 8.07. The van der Waals surface area contributed by atoms with Gasteiger partial charge < -0.3 is 15.5 Å². The van der Waals surface area contributed by atoms with Gasteiger partial charge in [0.15, 0.2) is 0 Å². The van der Waals surface area contributed by atoms with Crippen molar-refractivity contribution < 1.29 is 31.5 Å². The van der Waals surface area contributed by atoms with Crippen LogP contribution in [0, 0.1) is 23.7 Å². The standard InChI is InChI=1S/C28H36F5N3O2/c1-17-10-19(25(38)34-3)7-6-18(17)11-22(36(4)5)16-35-24(37)13-23(27(8-9-27)28(31,32)33)26(2)14-20(29)12-21(30)15-26/h6-7,10,12,14,22-23H,8-9,11,13,15-16H2,1-5H3,(H,34,38)(H,35,37)/t22-,23-,26?/m0/s1. The van der Waals surface area contributed by atoms with Gasteiger partial charge in [-0.05, 0) is 81.0 Å². The van der Waals surface area contributed by atoms with Crippen LogP contribution < -0.4 is 10.6 Å². The Morgan fingerprint density at radius 3 is 2.32 bits per heavy atom. The number of hydrogen-bond acceptors (Lipinski definition) is 3. The van der Waals surface area contributed by atoms with Crippen LogP contribution in [0.15, 0.2) is 42.0 Å². The summed E-state index contributed by atoms with van der Waals surface area (Å²) >= 11 is 0. The van der Waals surface area contributed by atoms with Gasteiger partial charge in [-0.3, -0.25) is 9.59 Å². The quantitative estimate of drug-likeness (QED) is 0.390. The monoisotopic (exact) mass is 541 g/mol. The summed E-state index contributed by atoms with van der Waals surface area (Å²) in [7, 11) is 5.22. The Morgan fingerprint density at radius 2 is 1.82 bits per heavy atom. The highest BCUT2D eigenvalue weighted by molar-refractivity contribution is 5.94. The molecule has 0 radical (unpaired) electrons. The molecule has 10 heteroatoms. The van der Waals surface area contributed by atoms with E-state index in [1.807, 2.05) is 32.0 Å². The van der Waals surface area contributed by atoms with Gasteiger partial charge in [0.25, 0.3) is 5.91 Å². The van der Waals surface area contributed by atoms with Crippen molar-refractivity contribution in [3.63, 3.8) is 0 Å². The molecule has 0 aromatic heterocycles. The Hall–Kier alpha value is -2.75. The summed E-state index contributed by atoms with van der Waals surface area (Å²) in [6, 6.07) is 5.17. The predicted molar refractivity (Wildman–Crippen MR) is 136 cm³/mol. The zero-order valence-electron chi connectivity index (χ0n) is 22.4. The van der Waals surface area contributed by atoms with E-state index in [1.54, 1.807) is 19.2 Å². The molecular formula is C28H36F5N3O2. The van der Waals surface area contributed by atoms with Crippen molar-refractivity contribution in [3.05, 3.63) is 58.7 Å². The fourth-order valence-electron chi connectivity index (χ4n) is 5.61. The number of likely N-dealkylation sites (N-methyl/N-ethyl adjacent to an activating group) is 1. The normalized spacial score (nSPS) is 22.3. The third-order valence-electron chi connectivity index (χ3n) is 8.07. The number of aryl methyl sites for hydroxylation is 1. The van der Waals surface area contributed by atoms with Gasteiger partial charge in [-0.2, -0.15) is 13.2 Å². The molecular weight excluding hydrogens is 505 g/mol. The second-order valence-corrected chi connectivity index (χ2v) is 11.1. The number of nitrogens with zero attached hydrogens (tertiary/aromatic N) is 1. The topological polar surface area (TPSA) is 61.4 Å². The second-order valence-electron chi connectivity index (χ2n) is 11.1. The Morgan fingerprint density at radius 1 is 1.16 bits per heavy atom. The number of amides is 2. The van der Waals surface area contributed by atoms with Gasteiger partial charge in [-0.1, -0.05) is 13.0 Å². The second kappa shape index (κ2) is 11.2. The number of rotatable bonds is 10. The average molecular weight is 542 g/mol. The molecule has 1 unspecified atom stereocenters. The van der Waals surface area contributed by atoms with Crippen molar-refractivity contribution in [1.82, 2.24) is 15.5 Å². The Bertz CT molecular complexity index is 1120. The van der Waals surface area contributed by atoms with Gasteiger partial charge in [0.05, 0.1) is 5.41 Å². The van der Waals surface area contributed by atoms with Crippen LogP contribution in [0.4, 0.5) is 22.0 Å². The summed E-state index contributed by atoms with van der Waals surface area (Å²) in [4.78, 5) is 26.8. The summed E-state index contributed by atoms with van der Waals surface area (Å²) in [5, 5.41) is 5.35. The number of alkyl halides is 3. The fraction of sp³-hybridized carbons (Fsp3) is 0.571. The maximum atomic E-state index is 14.2. The summed E-state index contributed by atoms with van der Waals surface area (Å²) < 4.78 is 70.7. The number of carbonyl (C=O) groups is 2. The Balaban J connectivity index is 1.75. The van der Waals surface area contributed by atoms with Gasteiger partial charge in [0.1, 0.15) is 11.7 Å². The molecule has 3 atom stereocenters.